The zero-order valence-electron chi connectivity index (χ0n) is 13.5. The normalized spacial score (nSPS) is 10.4. The third-order valence-electron chi connectivity index (χ3n) is 3.52. The maximum atomic E-state index is 14.0. The van der Waals surface area contributed by atoms with Crippen molar-refractivity contribution in [2.24, 2.45) is 0 Å². The van der Waals surface area contributed by atoms with Crippen LogP contribution in [0.15, 0.2) is 60.8 Å². The van der Waals surface area contributed by atoms with E-state index in [0.717, 1.165) is 5.69 Å². The summed E-state index contributed by atoms with van der Waals surface area (Å²) in [5.74, 6) is 0.352. The summed E-state index contributed by atoms with van der Waals surface area (Å²) >= 11 is 0. The van der Waals surface area contributed by atoms with E-state index in [2.05, 4.69) is 10.3 Å². The fourth-order valence-electron chi connectivity index (χ4n) is 2.22. The van der Waals surface area contributed by atoms with Crippen molar-refractivity contribution in [2.75, 3.05) is 12.4 Å². The van der Waals surface area contributed by atoms with E-state index < -0.39 is 5.82 Å². The van der Waals surface area contributed by atoms with Gasteiger partial charge >= 0.3 is 0 Å². The van der Waals surface area contributed by atoms with Gasteiger partial charge in [-0.2, -0.15) is 0 Å². The van der Waals surface area contributed by atoms with Crippen LogP contribution >= 0.6 is 0 Å². The number of nitrogens with one attached hydrogen (secondary N) is 1. The van der Waals surface area contributed by atoms with Crippen molar-refractivity contribution < 1.29 is 18.3 Å². The van der Waals surface area contributed by atoms with Crippen molar-refractivity contribution in [3.05, 3.63) is 78.0 Å². The Morgan fingerprint density at radius 3 is 2.20 bits per heavy atom. The molecule has 3 aromatic rings. The number of anilines is 1. The van der Waals surface area contributed by atoms with Gasteiger partial charge in [0.15, 0.2) is 5.82 Å². The van der Waals surface area contributed by atoms with E-state index in [4.69, 9.17) is 9.47 Å². The van der Waals surface area contributed by atoms with Crippen molar-refractivity contribution in [3.8, 4) is 17.4 Å². The highest BCUT2D eigenvalue weighted by Crippen LogP contribution is 2.24. The molecule has 0 saturated heterocycles. The molecule has 0 saturated carbocycles. The van der Waals surface area contributed by atoms with E-state index in [-0.39, 0.29) is 11.7 Å². The zero-order valence-corrected chi connectivity index (χ0v) is 13.5. The van der Waals surface area contributed by atoms with Crippen LogP contribution in [0.3, 0.4) is 0 Å². The molecule has 1 aromatic heterocycles. The quantitative estimate of drug-likeness (QED) is 0.700. The van der Waals surface area contributed by atoms with Crippen LogP contribution in [0.2, 0.25) is 0 Å². The van der Waals surface area contributed by atoms with E-state index >= 15 is 0 Å². The molecule has 25 heavy (non-hydrogen) atoms. The Hall–Kier alpha value is -3.15. The number of halogens is 2. The van der Waals surface area contributed by atoms with Crippen LogP contribution in [-0.4, -0.2) is 12.1 Å². The Kier molecular flexibility index (Phi) is 5.09. The van der Waals surface area contributed by atoms with E-state index in [1.807, 2.05) is 12.1 Å². The van der Waals surface area contributed by atoms with Crippen LogP contribution in [0.25, 0.3) is 0 Å². The fraction of sp³-hybridized carbons (Fsp3) is 0.105. The topological polar surface area (TPSA) is 43.4 Å². The second-order valence-electron chi connectivity index (χ2n) is 5.23. The molecule has 0 aliphatic carbocycles. The van der Waals surface area contributed by atoms with Gasteiger partial charge in [0.1, 0.15) is 17.3 Å². The molecular weight excluding hydrogens is 326 g/mol. The fourth-order valence-corrected chi connectivity index (χ4v) is 2.22. The first-order valence-electron chi connectivity index (χ1n) is 7.60. The predicted octanol–water partition coefficient (Wildman–Crippen LogP) is 4.77. The van der Waals surface area contributed by atoms with Gasteiger partial charge in [0.2, 0.25) is 5.88 Å². The highest BCUT2D eigenvalue weighted by molar-refractivity contribution is 5.47. The lowest BCUT2D eigenvalue weighted by molar-refractivity contribution is 0.367. The minimum Gasteiger partial charge on any atom is -0.479 e. The summed E-state index contributed by atoms with van der Waals surface area (Å²) < 4.78 is 37.4. The molecule has 0 radical (unpaired) electrons. The van der Waals surface area contributed by atoms with Crippen molar-refractivity contribution in [2.45, 2.75) is 6.54 Å². The lowest BCUT2D eigenvalue weighted by atomic mass is 10.2. The Bertz CT molecular complexity index is 837. The molecule has 0 aliphatic rings. The predicted molar refractivity (Wildman–Crippen MR) is 91.0 cm³/mol. The first-order valence-corrected chi connectivity index (χ1v) is 7.60. The average Bonchev–Trinajstić information content (AvgIpc) is 2.64. The Balaban J connectivity index is 1.62. The minimum absolute atomic E-state index is 0.0256. The molecule has 1 heterocycles. The smallest absolute Gasteiger partial charge is 0.250 e. The zero-order chi connectivity index (χ0) is 17.6. The van der Waals surface area contributed by atoms with E-state index in [0.29, 0.717) is 23.6 Å². The van der Waals surface area contributed by atoms with Gasteiger partial charge in [0.05, 0.1) is 7.11 Å². The van der Waals surface area contributed by atoms with Gasteiger partial charge in [-0.15, -0.1) is 0 Å². The molecule has 0 spiro atoms. The Morgan fingerprint density at radius 2 is 1.56 bits per heavy atom. The molecule has 1 N–H and O–H groups in total. The van der Waals surface area contributed by atoms with Gasteiger partial charge in [-0.1, -0.05) is 0 Å². The number of benzene rings is 2. The molecule has 4 nitrogen and oxygen atoms in total. The molecule has 0 unspecified atom stereocenters. The Morgan fingerprint density at radius 1 is 0.920 bits per heavy atom. The van der Waals surface area contributed by atoms with Gasteiger partial charge in [-0.3, -0.25) is 0 Å². The molecule has 0 amide bonds. The lowest BCUT2D eigenvalue weighted by Gasteiger charge is -2.10. The summed E-state index contributed by atoms with van der Waals surface area (Å²) in [4.78, 5) is 3.80. The van der Waals surface area contributed by atoms with Crippen LogP contribution in [0.1, 0.15) is 5.56 Å². The maximum Gasteiger partial charge on any atom is 0.250 e. The number of aromatic nitrogens is 1. The first kappa shape index (κ1) is 16.7. The molecule has 3 rings (SSSR count). The van der Waals surface area contributed by atoms with Gasteiger partial charge in [0, 0.05) is 24.0 Å². The van der Waals surface area contributed by atoms with Crippen LogP contribution in [0, 0.1) is 11.6 Å². The molecule has 128 valence electrons. The number of pyridine rings is 1. The number of hydrogen-bond donors (Lipinski definition) is 1. The summed E-state index contributed by atoms with van der Waals surface area (Å²) in [6, 6.07) is 14.6. The molecule has 0 aliphatic heterocycles. The third-order valence-corrected chi connectivity index (χ3v) is 3.52. The molecule has 6 heteroatoms. The lowest BCUT2D eigenvalue weighted by Crippen LogP contribution is -2.04. The number of nitrogens with zero attached hydrogens (tertiary/aromatic N) is 1. The van der Waals surface area contributed by atoms with Crippen LogP contribution in [-0.2, 0) is 6.54 Å². The summed E-state index contributed by atoms with van der Waals surface area (Å²) in [6.07, 6.45) is 1.50. The van der Waals surface area contributed by atoms with Gasteiger partial charge in [-0.25, -0.2) is 13.8 Å². The monoisotopic (exact) mass is 342 g/mol. The third kappa shape index (κ3) is 4.23. The average molecular weight is 342 g/mol. The number of rotatable bonds is 6. The molecular formula is C19H16F2N2O2. The van der Waals surface area contributed by atoms with Crippen LogP contribution in [0.5, 0.6) is 17.4 Å². The number of methoxy groups -OCH3 is 1. The molecule has 0 bridgehead atoms. The highest BCUT2D eigenvalue weighted by Gasteiger charge is 2.09. The van der Waals surface area contributed by atoms with E-state index in [9.17, 15) is 8.78 Å². The van der Waals surface area contributed by atoms with Gasteiger partial charge in [0.25, 0.3) is 0 Å². The number of hydrogen-bond acceptors (Lipinski definition) is 4. The van der Waals surface area contributed by atoms with Crippen LogP contribution < -0.4 is 14.8 Å². The van der Waals surface area contributed by atoms with Gasteiger partial charge in [-0.05, 0) is 54.6 Å². The summed E-state index contributed by atoms with van der Waals surface area (Å²) in [6.45, 7) is 0.295. The Labute approximate surface area is 144 Å². The minimum atomic E-state index is -0.478. The van der Waals surface area contributed by atoms with E-state index in [1.54, 1.807) is 30.3 Å². The van der Waals surface area contributed by atoms with E-state index in [1.165, 1.54) is 25.4 Å². The van der Waals surface area contributed by atoms with Gasteiger partial charge < -0.3 is 14.8 Å². The SMILES string of the molecule is COc1nccc(CNc2ccc(Oc3ccc(F)cc3)cc2)c1F. The van der Waals surface area contributed by atoms with Crippen molar-refractivity contribution in [3.63, 3.8) is 0 Å². The summed E-state index contributed by atoms with van der Waals surface area (Å²) in [7, 11) is 1.38. The molecule has 0 atom stereocenters. The summed E-state index contributed by atoms with van der Waals surface area (Å²) in [5.41, 5.74) is 1.26. The molecule has 0 fully saturated rings. The van der Waals surface area contributed by atoms with Crippen molar-refractivity contribution >= 4 is 5.69 Å². The second-order valence-corrected chi connectivity index (χ2v) is 5.23. The van der Waals surface area contributed by atoms with Crippen molar-refractivity contribution in [1.29, 1.82) is 0 Å². The second kappa shape index (κ2) is 7.61. The summed E-state index contributed by atoms with van der Waals surface area (Å²) in [5, 5.41) is 3.12. The number of ether oxygens (including phenoxy) is 2. The van der Waals surface area contributed by atoms with Crippen molar-refractivity contribution in [1.82, 2.24) is 4.98 Å². The largest absolute Gasteiger partial charge is 0.479 e. The molecule has 2 aromatic carbocycles. The first-order chi connectivity index (χ1) is 12.2. The standard InChI is InChI=1S/C19H16F2N2O2/c1-24-19-18(21)13(10-11-22-19)12-23-15-4-8-17(9-5-15)25-16-6-2-14(20)3-7-16/h2-11,23H,12H2,1H3. The van der Waals surface area contributed by atoms with Crippen LogP contribution in [0.4, 0.5) is 14.5 Å². The maximum absolute atomic E-state index is 14.0. The highest BCUT2D eigenvalue weighted by atomic mass is 19.1.